The van der Waals surface area contributed by atoms with Crippen molar-refractivity contribution in [1.82, 2.24) is 19.5 Å². The van der Waals surface area contributed by atoms with E-state index in [1.807, 2.05) is 6.92 Å². The van der Waals surface area contributed by atoms with Crippen molar-refractivity contribution < 1.29 is 0 Å². The number of hydrogen-bond acceptors (Lipinski definition) is 4. The summed E-state index contributed by atoms with van der Waals surface area (Å²) >= 11 is 5.32. The van der Waals surface area contributed by atoms with Crippen LogP contribution in [0, 0.1) is 22.4 Å². The third kappa shape index (κ3) is 2.38. The van der Waals surface area contributed by atoms with E-state index in [2.05, 4.69) is 15.0 Å². The SMILES string of the molecule is CCn1c(=O)[nH]c(=O)c2c(=S)nc(CC3CC4CCC3C4)[nH]c21. The van der Waals surface area contributed by atoms with E-state index in [0.29, 0.717) is 23.5 Å². The number of H-pyrrole nitrogens is 2. The van der Waals surface area contributed by atoms with Gasteiger partial charge in [0.05, 0.1) is 0 Å². The monoisotopic (exact) mass is 332 g/mol. The molecule has 0 spiro atoms. The Morgan fingerprint density at radius 3 is 2.74 bits per heavy atom. The zero-order valence-corrected chi connectivity index (χ0v) is 13.9. The Kier molecular flexibility index (Phi) is 3.48. The molecule has 23 heavy (non-hydrogen) atoms. The van der Waals surface area contributed by atoms with Gasteiger partial charge >= 0.3 is 5.69 Å². The number of aromatic amines is 2. The molecule has 0 aromatic carbocycles. The summed E-state index contributed by atoms with van der Waals surface area (Å²) in [5, 5.41) is 0.304. The summed E-state index contributed by atoms with van der Waals surface area (Å²) in [6.45, 7) is 2.33. The summed E-state index contributed by atoms with van der Waals surface area (Å²) in [6.07, 6.45) is 6.15. The molecule has 2 saturated carbocycles. The fourth-order valence-corrected chi connectivity index (χ4v) is 4.82. The zero-order valence-electron chi connectivity index (χ0n) is 13.1. The van der Waals surface area contributed by atoms with Crippen molar-refractivity contribution in [1.29, 1.82) is 0 Å². The van der Waals surface area contributed by atoms with Crippen molar-refractivity contribution in [2.75, 3.05) is 0 Å². The highest BCUT2D eigenvalue weighted by molar-refractivity contribution is 7.71. The van der Waals surface area contributed by atoms with E-state index in [4.69, 9.17) is 12.2 Å². The molecule has 0 radical (unpaired) electrons. The standard InChI is InChI=1S/C16H20N4O2S/c1-2-20-13-12(14(21)19-16(20)22)15(23)18-11(17-13)7-10-6-8-3-4-9(10)5-8/h8-10H,2-7H2,1H3,(H,17,18,23)(H,19,21,22). The molecule has 2 aliphatic rings. The molecule has 0 saturated heterocycles. The molecule has 122 valence electrons. The summed E-state index contributed by atoms with van der Waals surface area (Å²) in [7, 11) is 0. The summed E-state index contributed by atoms with van der Waals surface area (Å²) in [5.41, 5.74) is -0.373. The van der Waals surface area contributed by atoms with Gasteiger partial charge < -0.3 is 4.98 Å². The Balaban J connectivity index is 1.81. The molecule has 2 aromatic rings. The van der Waals surface area contributed by atoms with Gasteiger partial charge in [0.1, 0.15) is 21.5 Å². The fourth-order valence-electron chi connectivity index (χ4n) is 4.52. The van der Waals surface area contributed by atoms with Crippen LogP contribution in [0.3, 0.4) is 0 Å². The lowest BCUT2D eigenvalue weighted by molar-refractivity contribution is 0.327. The third-order valence-electron chi connectivity index (χ3n) is 5.57. The number of nitrogens with zero attached hydrogens (tertiary/aromatic N) is 2. The van der Waals surface area contributed by atoms with E-state index in [9.17, 15) is 9.59 Å². The minimum atomic E-state index is -0.463. The number of aromatic nitrogens is 4. The van der Waals surface area contributed by atoms with E-state index >= 15 is 0 Å². The second-order valence-corrected chi connectivity index (χ2v) is 7.24. The summed E-state index contributed by atoms with van der Waals surface area (Å²) in [5.74, 6) is 3.12. The first kappa shape index (κ1) is 14.8. The van der Waals surface area contributed by atoms with Crippen LogP contribution in [0.1, 0.15) is 38.4 Å². The van der Waals surface area contributed by atoms with Gasteiger partial charge in [0.25, 0.3) is 5.56 Å². The molecule has 0 amide bonds. The third-order valence-corrected chi connectivity index (χ3v) is 5.86. The van der Waals surface area contributed by atoms with Crippen LogP contribution in [-0.2, 0) is 13.0 Å². The van der Waals surface area contributed by atoms with E-state index in [0.717, 1.165) is 24.1 Å². The number of hydrogen-bond donors (Lipinski definition) is 2. The van der Waals surface area contributed by atoms with Gasteiger partial charge in [0, 0.05) is 13.0 Å². The highest BCUT2D eigenvalue weighted by Gasteiger charge is 2.39. The predicted octanol–water partition coefficient (Wildman–Crippen LogP) is 2.14. The molecule has 2 fully saturated rings. The Bertz CT molecular complexity index is 942. The molecular formula is C16H20N4O2S. The summed E-state index contributed by atoms with van der Waals surface area (Å²) < 4.78 is 1.79. The molecule has 6 nitrogen and oxygen atoms in total. The van der Waals surface area contributed by atoms with Gasteiger partial charge in [-0.2, -0.15) is 0 Å². The summed E-state index contributed by atoms with van der Waals surface area (Å²) in [6, 6.07) is 0. The van der Waals surface area contributed by atoms with E-state index < -0.39 is 11.2 Å². The molecule has 0 aliphatic heterocycles. The lowest BCUT2D eigenvalue weighted by Crippen LogP contribution is -2.31. The van der Waals surface area contributed by atoms with Crippen molar-refractivity contribution in [2.24, 2.45) is 17.8 Å². The van der Waals surface area contributed by atoms with Crippen molar-refractivity contribution >= 4 is 23.3 Å². The highest BCUT2D eigenvalue weighted by atomic mass is 32.1. The van der Waals surface area contributed by atoms with Crippen LogP contribution < -0.4 is 11.2 Å². The minimum absolute atomic E-state index is 0.278. The number of aryl methyl sites for hydroxylation is 1. The van der Waals surface area contributed by atoms with Gasteiger partial charge in [-0.1, -0.05) is 18.6 Å². The molecule has 7 heteroatoms. The molecule has 2 N–H and O–H groups in total. The van der Waals surface area contributed by atoms with Crippen LogP contribution in [0.4, 0.5) is 0 Å². The van der Waals surface area contributed by atoms with Crippen LogP contribution in [0.15, 0.2) is 9.59 Å². The molecular weight excluding hydrogens is 312 g/mol. The number of rotatable bonds is 3. The maximum Gasteiger partial charge on any atom is 0.329 e. The molecule has 2 bridgehead atoms. The smallest absolute Gasteiger partial charge is 0.329 e. The van der Waals surface area contributed by atoms with Crippen LogP contribution >= 0.6 is 12.2 Å². The first-order valence-corrected chi connectivity index (χ1v) is 8.73. The van der Waals surface area contributed by atoms with Crippen LogP contribution in [-0.4, -0.2) is 19.5 Å². The normalized spacial score (nSPS) is 26.2. The van der Waals surface area contributed by atoms with Crippen molar-refractivity contribution in [3.8, 4) is 0 Å². The van der Waals surface area contributed by atoms with E-state index in [-0.39, 0.29) is 4.64 Å². The largest absolute Gasteiger partial charge is 0.329 e. The van der Waals surface area contributed by atoms with E-state index in [1.165, 1.54) is 30.3 Å². The Hall–Kier alpha value is -1.76. The van der Waals surface area contributed by atoms with Gasteiger partial charge in [-0.3, -0.25) is 14.3 Å². The lowest BCUT2D eigenvalue weighted by atomic mass is 9.86. The van der Waals surface area contributed by atoms with Gasteiger partial charge in [-0.15, -0.1) is 0 Å². The second kappa shape index (κ2) is 5.40. The molecule has 3 atom stereocenters. The molecule has 2 heterocycles. The number of fused-ring (bicyclic) bond motifs is 3. The first-order valence-electron chi connectivity index (χ1n) is 8.32. The quantitative estimate of drug-likeness (QED) is 0.844. The molecule has 2 aromatic heterocycles. The first-order chi connectivity index (χ1) is 11.1. The average molecular weight is 332 g/mol. The fraction of sp³-hybridized carbons (Fsp3) is 0.625. The predicted molar refractivity (Wildman–Crippen MR) is 90.1 cm³/mol. The van der Waals surface area contributed by atoms with Crippen LogP contribution in [0.5, 0.6) is 0 Å². The van der Waals surface area contributed by atoms with Gasteiger partial charge in [0.2, 0.25) is 0 Å². The van der Waals surface area contributed by atoms with Gasteiger partial charge in [-0.05, 0) is 43.9 Å². The van der Waals surface area contributed by atoms with Crippen molar-refractivity contribution in [3.05, 3.63) is 31.3 Å². The Morgan fingerprint density at radius 1 is 1.26 bits per heavy atom. The maximum absolute atomic E-state index is 12.1. The maximum atomic E-state index is 12.1. The van der Waals surface area contributed by atoms with Crippen LogP contribution in [0.25, 0.3) is 11.0 Å². The van der Waals surface area contributed by atoms with Gasteiger partial charge in [0.15, 0.2) is 0 Å². The van der Waals surface area contributed by atoms with E-state index in [1.54, 1.807) is 0 Å². The zero-order chi connectivity index (χ0) is 16.1. The highest BCUT2D eigenvalue weighted by Crippen LogP contribution is 2.49. The molecule has 2 aliphatic carbocycles. The van der Waals surface area contributed by atoms with Gasteiger partial charge in [-0.25, -0.2) is 9.78 Å². The van der Waals surface area contributed by atoms with Crippen molar-refractivity contribution in [2.45, 2.75) is 45.6 Å². The molecule has 3 unspecified atom stereocenters. The van der Waals surface area contributed by atoms with Crippen molar-refractivity contribution in [3.63, 3.8) is 0 Å². The number of nitrogens with one attached hydrogen (secondary N) is 2. The lowest BCUT2D eigenvalue weighted by Gasteiger charge is -2.21. The minimum Gasteiger partial charge on any atom is -0.329 e. The van der Waals surface area contributed by atoms with Crippen LogP contribution in [0.2, 0.25) is 0 Å². The average Bonchev–Trinajstić information content (AvgIpc) is 3.09. The Labute approximate surface area is 138 Å². The molecule has 4 rings (SSSR count). The summed E-state index contributed by atoms with van der Waals surface area (Å²) in [4.78, 5) is 34.0. The Morgan fingerprint density at radius 2 is 2.09 bits per heavy atom. The topological polar surface area (TPSA) is 83.5 Å². The second-order valence-electron chi connectivity index (χ2n) is 6.85.